The van der Waals surface area contributed by atoms with Crippen molar-refractivity contribution in [2.45, 2.75) is 13.1 Å². The molecule has 2 aromatic heterocycles. The molecule has 0 aliphatic heterocycles. The minimum atomic E-state index is -3.32. The molecular formula is C11H12BrNO3S2. The van der Waals surface area contributed by atoms with Crippen LogP contribution in [0.2, 0.25) is 0 Å². The van der Waals surface area contributed by atoms with Crippen molar-refractivity contribution in [2.75, 3.05) is 4.66 Å². The van der Waals surface area contributed by atoms with Gasteiger partial charge in [-0.1, -0.05) is 15.9 Å². The van der Waals surface area contributed by atoms with Crippen molar-refractivity contribution in [2.24, 2.45) is 0 Å². The summed E-state index contributed by atoms with van der Waals surface area (Å²) in [5.74, 6) is 0.634. The first-order valence-electron chi connectivity index (χ1n) is 5.19. The van der Waals surface area contributed by atoms with E-state index in [9.17, 15) is 8.42 Å². The summed E-state index contributed by atoms with van der Waals surface area (Å²) in [5.41, 5.74) is 0.982. The molecule has 98 valence electrons. The van der Waals surface area contributed by atoms with Gasteiger partial charge in [-0.3, -0.25) is 0 Å². The van der Waals surface area contributed by atoms with Crippen molar-refractivity contribution in [3.8, 4) is 0 Å². The van der Waals surface area contributed by atoms with E-state index >= 15 is 0 Å². The van der Waals surface area contributed by atoms with E-state index in [1.165, 1.54) is 4.31 Å². The van der Waals surface area contributed by atoms with Crippen LogP contribution >= 0.6 is 27.3 Å². The Bertz CT molecular complexity index is 527. The molecule has 0 saturated heterocycles. The zero-order valence-corrected chi connectivity index (χ0v) is 12.7. The first-order valence-corrected chi connectivity index (χ1v) is 8.86. The van der Waals surface area contributed by atoms with Gasteiger partial charge in [0.25, 0.3) is 0 Å². The highest BCUT2D eigenvalue weighted by Gasteiger charge is 2.22. The number of alkyl halides is 1. The van der Waals surface area contributed by atoms with Crippen molar-refractivity contribution in [1.29, 1.82) is 0 Å². The molecule has 0 unspecified atom stereocenters. The number of nitrogens with zero attached hydrogens (tertiary/aromatic N) is 1. The Balaban J connectivity index is 2.18. The molecule has 0 amide bonds. The predicted molar refractivity (Wildman–Crippen MR) is 75.0 cm³/mol. The maximum absolute atomic E-state index is 12.0. The largest absolute Gasteiger partial charge is 0.468 e. The van der Waals surface area contributed by atoms with Gasteiger partial charge in [-0.2, -0.15) is 15.6 Å². The van der Waals surface area contributed by atoms with Gasteiger partial charge in [0.2, 0.25) is 10.0 Å². The molecule has 0 saturated carbocycles. The first kappa shape index (κ1) is 13.8. The van der Waals surface area contributed by atoms with Gasteiger partial charge in [0.05, 0.1) is 12.8 Å². The van der Waals surface area contributed by atoms with E-state index in [0.29, 0.717) is 12.3 Å². The molecular weight excluding hydrogens is 338 g/mol. The summed E-state index contributed by atoms with van der Waals surface area (Å²) in [4.78, 5) is 0. The van der Waals surface area contributed by atoms with Crippen LogP contribution in [-0.2, 0) is 23.1 Å². The summed E-state index contributed by atoms with van der Waals surface area (Å²) in [5, 5.41) is 3.88. The number of thiophene rings is 1. The Morgan fingerprint density at radius 3 is 2.72 bits per heavy atom. The summed E-state index contributed by atoms with van der Waals surface area (Å²) in [7, 11) is -3.32. The highest BCUT2D eigenvalue weighted by atomic mass is 79.9. The molecule has 0 spiro atoms. The van der Waals surface area contributed by atoms with E-state index in [-0.39, 0.29) is 11.2 Å². The maximum atomic E-state index is 12.0. The van der Waals surface area contributed by atoms with Crippen LogP contribution in [0, 0.1) is 0 Å². The van der Waals surface area contributed by atoms with E-state index in [1.807, 2.05) is 16.8 Å². The molecule has 2 aromatic rings. The van der Waals surface area contributed by atoms with E-state index in [1.54, 1.807) is 29.7 Å². The normalized spacial score (nSPS) is 12.1. The van der Waals surface area contributed by atoms with Crippen molar-refractivity contribution in [3.63, 3.8) is 0 Å². The lowest BCUT2D eigenvalue weighted by Crippen LogP contribution is -2.30. The second-order valence-electron chi connectivity index (χ2n) is 3.70. The van der Waals surface area contributed by atoms with E-state index in [4.69, 9.17) is 4.42 Å². The fourth-order valence-electron chi connectivity index (χ4n) is 1.48. The average Bonchev–Trinajstić information content (AvgIpc) is 3.01. The Hall–Kier alpha value is -0.630. The zero-order valence-electron chi connectivity index (χ0n) is 9.45. The van der Waals surface area contributed by atoms with Gasteiger partial charge in [-0.05, 0) is 34.5 Å². The molecule has 0 atom stereocenters. The number of sulfonamides is 1. The van der Waals surface area contributed by atoms with E-state index in [0.717, 1.165) is 5.56 Å². The lowest BCUT2D eigenvalue weighted by Gasteiger charge is -2.19. The minimum Gasteiger partial charge on any atom is -0.468 e. The van der Waals surface area contributed by atoms with Crippen molar-refractivity contribution in [3.05, 3.63) is 46.5 Å². The van der Waals surface area contributed by atoms with E-state index in [2.05, 4.69) is 15.9 Å². The lowest BCUT2D eigenvalue weighted by atomic mass is 10.3. The monoisotopic (exact) mass is 349 g/mol. The maximum Gasteiger partial charge on any atom is 0.224 e. The van der Waals surface area contributed by atoms with Gasteiger partial charge in [-0.15, -0.1) is 0 Å². The molecule has 2 rings (SSSR count). The minimum absolute atomic E-state index is 0.0924. The SMILES string of the molecule is O=S(=O)(CBr)N(Cc1ccsc1)Cc1ccco1. The molecule has 0 aliphatic rings. The summed E-state index contributed by atoms with van der Waals surface area (Å²) in [6.45, 7) is 0.606. The van der Waals surface area contributed by atoms with Gasteiger partial charge in [0, 0.05) is 6.54 Å². The smallest absolute Gasteiger partial charge is 0.224 e. The summed E-state index contributed by atoms with van der Waals surface area (Å²) in [6.07, 6.45) is 1.54. The number of rotatable bonds is 6. The third-order valence-electron chi connectivity index (χ3n) is 2.38. The van der Waals surface area contributed by atoms with Crippen LogP contribution in [0.5, 0.6) is 0 Å². The van der Waals surface area contributed by atoms with Gasteiger partial charge >= 0.3 is 0 Å². The van der Waals surface area contributed by atoms with Gasteiger partial charge < -0.3 is 4.42 Å². The quantitative estimate of drug-likeness (QED) is 0.753. The zero-order chi connectivity index (χ0) is 13.0. The molecule has 0 radical (unpaired) electrons. The fraction of sp³-hybridized carbons (Fsp3) is 0.273. The van der Waals surface area contributed by atoms with Crippen LogP contribution in [-0.4, -0.2) is 17.4 Å². The Kier molecular flexibility index (Phi) is 4.60. The van der Waals surface area contributed by atoms with Gasteiger partial charge in [0.15, 0.2) is 0 Å². The Morgan fingerprint density at radius 2 is 2.17 bits per heavy atom. The van der Waals surface area contributed by atoms with E-state index < -0.39 is 10.0 Å². The predicted octanol–water partition coefficient (Wildman–Crippen LogP) is 3.03. The van der Waals surface area contributed by atoms with Crippen LogP contribution < -0.4 is 0 Å². The fourth-order valence-corrected chi connectivity index (χ4v) is 3.82. The van der Waals surface area contributed by atoms with Crippen LogP contribution in [0.15, 0.2) is 39.6 Å². The van der Waals surface area contributed by atoms with Crippen LogP contribution in [0.1, 0.15) is 11.3 Å². The van der Waals surface area contributed by atoms with Crippen molar-refractivity contribution < 1.29 is 12.8 Å². The third kappa shape index (κ3) is 3.44. The number of hydrogen-bond donors (Lipinski definition) is 0. The molecule has 7 heteroatoms. The van der Waals surface area contributed by atoms with Crippen molar-refractivity contribution >= 4 is 37.3 Å². The Morgan fingerprint density at radius 1 is 1.33 bits per heavy atom. The summed E-state index contributed by atoms with van der Waals surface area (Å²) >= 11 is 4.57. The second kappa shape index (κ2) is 6.01. The summed E-state index contributed by atoms with van der Waals surface area (Å²) < 4.78 is 30.5. The molecule has 0 bridgehead atoms. The molecule has 0 aromatic carbocycles. The van der Waals surface area contributed by atoms with Gasteiger partial charge in [0.1, 0.15) is 10.4 Å². The molecule has 0 N–H and O–H groups in total. The molecule has 0 fully saturated rings. The van der Waals surface area contributed by atoms with Crippen LogP contribution in [0.4, 0.5) is 0 Å². The molecule has 0 aliphatic carbocycles. The molecule has 4 nitrogen and oxygen atoms in total. The Labute approximate surface area is 118 Å². The van der Waals surface area contributed by atoms with Crippen LogP contribution in [0.25, 0.3) is 0 Å². The number of hydrogen-bond acceptors (Lipinski definition) is 4. The highest BCUT2D eigenvalue weighted by Crippen LogP contribution is 2.17. The molecule has 18 heavy (non-hydrogen) atoms. The number of furan rings is 1. The highest BCUT2D eigenvalue weighted by molar-refractivity contribution is 9.10. The topological polar surface area (TPSA) is 50.5 Å². The first-order chi connectivity index (χ1) is 8.62. The average molecular weight is 350 g/mol. The summed E-state index contributed by atoms with van der Waals surface area (Å²) in [6, 6.07) is 5.44. The standard InChI is InChI=1S/C11H12BrNO3S2/c12-9-18(14,15)13(6-10-3-5-17-8-10)7-11-2-1-4-16-11/h1-5,8H,6-7,9H2. The lowest BCUT2D eigenvalue weighted by molar-refractivity contribution is 0.361. The third-order valence-corrected chi connectivity index (χ3v) is 6.17. The van der Waals surface area contributed by atoms with Gasteiger partial charge in [-0.25, -0.2) is 8.42 Å². The van der Waals surface area contributed by atoms with Crippen molar-refractivity contribution in [1.82, 2.24) is 4.31 Å². The second-order valence-corrected chi connectivity index (χ2v) is 7.75. The molecule has 2 heterocycles. The van der Waals surface area contributed by atoms with Crippen LogP contribution in [0.3, 0.4) is 0 Å². The number of halogens is 1.